The van der Waals surface area contributed by atoms with Crippen LogP contribution in [0.4, 0.5) is 0 Å². The van der Waals surface area contributed by atoms with Gasteiger partial charge in [-0.1, -0.05) is 37.5 Å². The van der Waals surface area contributed by atoms with Crippen LogP contribution in [0.3, 0.4) is 0 Å². The molecule has 0 bridgehead atoms. The number of carbonyl (C=O) groups excluding carboxylic acids is 1. The molecule has 0 saturated carbocycles. The number of hydrogen-bond acceptors (Lipinski definition) is 5. The number of ether oxygens (including phenoxy) is 3. The lowest BCUT2D eigenvalue weighted by molar-refractivity contribution is -0.162. The molecule has 1 aromatic rings. The van der Waals surface area contributed by atoms with Crippen LogP contribution in [0.25, 0.3) is 0 Å². The molecule has 1 atom stereocenters. The van der Waals surface area contributed by atoms with Crippen LogP contribution < -0.4 is 0 Å². The number of aryl methyl sites for hydroxylation is 2. The Morgan fingerprint density at radius 2 is 1.64 bits per heavy atom. The predicted octanol–water partition coefficient (Wildman–Crippen LogP) is 5.63. The van der Waals surface area contributed by atoms with Crippen LogP contribution in [0.1, 0.15) is 93.7 Å². The van der Waals surface area contributed by atoms with Crippen molar-refractivity contribution in [3.63, 3.8) is 0 Å². The van der Waals surface area contributed by atoms with Crippen LogP contribution in [-0.4, -0.2) is 43.7 Å². The van der Waals surface area contributed by atoms with Gasteiger partial charge in [-0.05, 0) is 80.9 Å². The second-order valence-corrected chi connectivity index (χ2v) is 8.92. The van der Waals surface area contributed by atoms with Crippen molar-refractivity contribution < 1.29 is 28.9 Å². The number of methoxy groups -OCH3 is 1. The highest BCUT2D eigenvalue weighted by Crippen LogP contribution is 2.22. The highest BCUT2D eigenvalue weighted by Gasteiger charge is 2.14. The lowest BCUT2D eigenvalue weighted by Gasteiger charge is -2.22. The van der Waals surface area contributed by atoms with Gasteiger partial charge in [0.1, 0.15) is 0 Å². The van der Waals surface area contributed by atoms with E-state index < -0.39 is 5.97 Å². The Balaban J connectivity index is 1.78. The van der Waals surface area contributed by atoms with E-state index in [1.54, 1.807) is 0 Å². The van der Waals surface area contributed by atoms with Crippen molar-refractivity contribution in [3.8, 4) is 0 Å². The van der Waals surface area contributed by atoms with E-state index in [1.807, 2.05) is 0 Å². The summed E-state index contributed by atoms with van der Waals surface area (Å²) in [6.07, 6.45) is 13.7. The zero-order valence-electron chi connectivity index (χ0n) is 20.3. The van der Waals surface area contributed by atoms with Crippen molar-refractivity contribution >= 4 is 11.9 Å². The third kappa shape index (κ3) is 11.7. The molecule has 1 aliphatic heterocycles. The highest BCUT2D eigenvalue weighted by molar-refractivity contribution is 5.69. The van der Waals surface area contributed by atoms with Crippen molar-refractivity contribution in [1.82, 2.24) is 0 Å². The molecule has 1 saturated heterocycles. The number of carboxylic acid groups (broad SMARTS) is 1. The normalized spacial score (nSPS) is 16.0. The van der Waals surface area contributed by atoms with E-state index in [9.17, 15) is 9.59 Å². The molecule has 0 aliphatic carbocycles. The van der Waals surface area contributed by atoms with Crippen LogP contribution in [0.15, 0.2) is 18.2 Å². The molecule has 6 nitrogen and oxygen atoms in total. The Bertz CT molecular complexity index is 696. The van der Waals surface area contributed by atoms with Crippen LogP contribution in [0.2, 0.25) is 0 Å². The maximum atomic E-state index is 11.7. The maximum Gasteiger partial charge on any atom is 0.305 e. The molecule has 1 fully saturated rings. The zero-order chi connectivity index (χ0) is 23.7. The lowest BCUT2D eigenvalue weighted by atomic mass is 9.91. The van der Waals surface area contributed by atoms with E-state index in [0.29, 0.717) is 19.3 Å². The predicted molar refractivity (Wildman–Crippen MR) is 128 cm³/mol. The van der Waals surface area contributed by atoms with E-state index in [-0.39, 0.29) is 18.7 Å². The molecule has 1 unspecified atom stereocenters. The van der Waals surface area contributed by atoms with Crippen molar-refractivity contribution in [3.05, 3.63) is 34.9 Å². The average molecular weight is 463 g/mol. The highest BCUT2D eigenvalue weighted by atomic mass is 16.7. The lowest BCUT2D eigenvalue weighted by Crippen LogP contribution is -2.22. The SMILES string of the molecule is COC(=O)CCc1c(CCCCCCOC2CCCCO2)cccc1CCCCCC(=O)O. The quantitative estimate of drug-likeness (QED) is 0.239. The molecule has 186 valence electrons. The molecular formula is C27H42O6. The van der Waals surface area contributed by atoms with Gasteiger partial charge < -0.3 is 19.3 Å². The number of carbonyl (C=O) groups is 2. The molecule has 2 rings (SSSR count). The summed E-state index contributed by atoms with van der Waals surface area (Å²) in [5.41, 5.74) is 3.89. The third-order valence-electron chi connectivity index (χ3n) is 6.30. The summed E-state index contributed by atoms with van der Waals surface area (Å²) in [5, 5.41) is 8.81. The summed E-state index contributed by atoms with van der Waals surface area (Å²) in [4.78, 5) is 22.5. The summed E-state index contributed by atoms with van der Waals surface area (Å²) >= 11 is 0. The van der Waals surface area contributed by atoms with Crippen LogP contribution in [0, 0.1) is 0 Å². The van der Waals surface area contributed by atoms with E-state index >= 15 is 0 Å². The second-order valence-electron chi connectivity index (χ2n) is 8.92. The summed E-state index contributed by atoms with van der Waals surface area (Å²) < 4.78 is 16.3. The molecule has 0 aromatic heterocycles. The minimum Gasteiger partial charge on any atom is -0.481 e. The van der Waals surface area contributed by atoms with Crippen molar-refractivity contribution in [1.29, 1.82) is 0 Å². The molecule has 1 heterocycles. The molecule has 1 N–H and O–H groups in total. The van der Waals surface area contributed by atoms with Gasteiger partial charge in [-0.15, -0.1) is 0 Å². The number of aliphatic carboxylic acids is 1. The minimum atomic E-state index is -0.732. The second kappa shape index (κ2) is 16.7. The summed E-state index contributed by atoms with van der Waals surface area (Å²) in [7, 11) is 1.43. The summed E-state index contributed by atoms with van der Waals surface area (Å²) in [6.45, 7) is 1.59. The smallest absolute Gasteiger partial charge is 0.305 e. The summed E-state index contributed by atoms with van der Waals surface area (Å²) in [6, 6.07) is 6.45. The van der Waals surface area contributed by atoms with Crippen LogP contribution in [-0.2, 0) is 43.1 Å². The Morgan fingerprint density at radius 3 is 2.27 bits per heavy atom. The van der Waals surface area contributed by atoms with Gasteiger partial charge in [-0.3, -0.25) is 9.59 Å². The molecule has 1 aliphatic rings. The maximum absolute atomic E-state index is 11.7. The van der Waals surface area contributed by atoms with Crippen LogP contribution in [0.5, 0.6) is 0 Å². The minimum absolute atomic E-state index is 0.00277. The van der Waals surface area contributed by atoms with Gasteiger partial charge >= 0.3 is 11.9 Å². The first kappa shape index (κ1) is 27.3. The number of esters is 1. The van der Waals surface area contributed by atoms with Crippen molar-refractivity contribution in [2.24, 2.45) is 0 Å². The van der Waals surface area contributed by atoms with Crippen molar-refractivity contribution in [2.45, 2.75) is 103 Å². The first-order valence-electron chi connectivity index (χ1n) is 12.7. The summed E-state index contributed by atoms with van der Waals surface area (Å²) in [5.74, 6) is -0.913. The largest absolute Gasteiger partial charge is 0.481 e. The molecule has 0 spiro atoms. The number of unbranched alkanes of at least 4 members (excludes halogenated alkanes) is 5. The fourth-order valence-corrected chi connectivity index (χ4v) is 4.40. The number of benzene rings is 1. The molecule has 0 radical (unpaired) electrons. The van der Waals surface area contributed by atoms with Crippen molar-refractivity contribution in [2.75, 3.05) is 20.3 Å². The van der Waals surface area contributed by atoms with Gasteiger partial charge in [0.15, 0.2) is 6.29 Å². The van der Waals surface area contributed by atoms with Crippen LogP contribution >= 0.6 is 0 Å². The van der Waals surface area contributed by atoms with E-state index in [0.717, 1.165) is 77.4 Å². The Kier molecular flexibility index (Phi) is 13.8. The first-order valence-corrected chi connectivity index (χ1v) is 12.7. The van der Waals surface area contributed by atoms with E-state index in [1.165, 1.54) is 30.2 Å². The Hall–Kier alpha value is -1.92. The molecule has 1 aromatic carbocycles. The Labute approximate surface area is 199 Å². The number of hydrogen-bond donors (Lipinski definition) is 1. The topological polar surface area (TPSA) is 82.1 Å². The number of rotatable bonds is 17. The average Bonchev–Trinajstić information content (AvgIpc) is 2.82. The van der Waals surface area contributed by atoms with E-state index in [4.69, 9.17) is 19.3 Å². The van der Waals surface area contributed by atoms with Gasteiger partial charge in [-0.25, -0.2) is 0 Å². The molecule has 0 amide bonds. The fourth-order valence-electron chi connectivity index (χ4n) is 4.40. The van der Waals surface area contributed by atoms with Gasteiger partial charge in [0.2, 0.25) is 0 Å². The monoisotopic (exact) mass is 462 g/mol. The zero-order valence-corrected chi connectivity index (χ0v) is 20.3. The Morgan fingerprint density at radius 1 is 0.939 bits per heavy atom. The molecular weight excluding hydrogens is 420 g/mol. The van der Waals surface area contributed by atoms with Gasteiger partial charge in [0, 0.05) is 26.1 Å². The fraction of sp³-hybridized carbons (Fsp3) is 0.704. The number of carboxylic acids is 1. The first-order chi connectivity index (χ1) is 16.1. The van der Waals surface area contributed by atoms with E-state index in [2.05, 4.69) is 18.2 Å². The third-order valence-corrected chi connectivity index (χ3v) is 6.30. The van der Waals surface area contributed by atoms with Gasteiger partial charge in [0.05, 0.1) is 7.11 Å². The van der Waals surface area contributed by atoms with Gasteiger partial charge in [-0.2, -0.15) is 0 Å². The molecule has 33 heavy (non-hydrogen) atoms. The molecule has 6 heteroatoms. The van der Waals surface area contributed by atoms with Gasteiger partial charge in [0.25, 0.3) is 0 Å². The standard InChI is InChI=1S/C27H42O6/c1-31-26(30)19-18-24-22(14-11-15-23(24)13-6-4-7-16-25(28)29)12-5-2-3-9-20-32-27-17-8-10-21-33-27/h11,14-15,27H,2-10,12-13,16-21H2,1H3,(H,28,29).